The number of carbonyl (C=O) groups is 1. The summed E-state index contributed by atoms with van der Waals surface area (Å²) in [6.07, 6.45) is 4.39. The van der Waals surface area contributed by atoms with Gasteiger partial charge in [0.2, 0.25) is 0 Å². The van der Waals surface area contributed by atoms with E-state index >= 15 is 0 Å². The lowest BCUT2D eigenvalue weighted by Gasteiger charge is -2.35. The number of hydrogen-bond acceptors (Lipinski definition) is 4. The van der Waals surface area contributed by atoms with E-state index in [1.54, 1.807) is 17.1 Å². The third kappa shape index (κ3) is 3.63. The summed E-state index contributed by atoms with van der Waals surface area (Å²) in [5, 5.41) is 8.05. The van der Waals surface area contributed by atoms with E-state index in [0.717, 1.165) is 36.6 Å². The Morgan fingerprint density at radius 3 is 2.88 bits per heavy atom. The topological polar surface area (TPSA) is 59.4 Å². The second-order valence-corrected chi connectivity index (χ2v) is 7.41. The van der Waals surface area contributed by atoms with Crippen LogP contribution in [0.5, 0.6) is 0 Å². The van der Waals surface area contributed by atoms with Gasteiger partial charge in [-0.05, 0) is 31.0 Å². The molecule has 0 saturated carbocycles. The van der Waals surface area contributed by atoms with Crippen molar-refractivity contribution in [3.05, 3.63) is 52.8 Å². The molecule has 26 heavy (non-hydrogen) atoms. The van der Waals surface area contributed by atoms with E-state index in [0.29, 0.717) is 18.2 Å². The SMILES string of the molecule is CCn1cc(C(=O)N[C@H]2C[C@H]3CO[C@@H](c4ccc(Cl)cc4)CN3C2)cn1. The number of halogens is 1. The number of rotatable bonds is 4. The van der Waals surface area contributed by atoms with E-state index in [4.69, 9.17) is 16.3 Å². The van der Waals surface area contributed by atoms with Crippen molar-refractivity contribution in [2.75, 3.05) is 19.7 Å². The Bertz CT molecular complexity index is 776. The zero-order chi connectivity index (χ0) is 18.1. The minimum Gasteiger partial charge on any atom is -0.371 e. The molecule has 2 aliphatic rings. The van der Waals surface area contributed by atoms with Gasteiger partial charge >= 0.3 is 0 Å². The van der Waals surface area contributed by atoms with Crippen LogP contribution in [0, 0.1) is 0 Å². The molecule has 0 spiro atoms. The molecule has 7 heteroatoms. The van der Waals surface area contributed by atoms with Crippen LogP contribution in [0.2, 0.25) is 5.02 Å². The van der Waals surface area contributed by atoms with Crippen LogP contribution in [0.15, 0.2) is 36.7 Å². The molecule has 6 nitrogen and oxygen atoms in total. The molecule has 0 radical (unpaired) electrons. The van der Waals surface area contributed by atoms with Crippen molar-refractivity contribution in [1.82, 2.24) is 20.0 Å². The van der Waals surface area contributed by atoms with Crippen LogP contribution < -0.4 is 5.32 Å². The maximum absolute atomic E-state index is 12.4. The van der Waals surface area contributed by atoms with Crippen molar-refractivity contribution in [3.63, 3.8) is 0 Å². The van der Waals surface area contributed by atoms with Crippen molar-refractivity contribution in [1.29, 1.82) is 0 Å². The zero-order valence-electron chi connectivity index (χ0n) is 14.8. The standard InChI is InChI=1S/C19H23ClN4O2/c1-2-24-9-14(8-21-24)19(25)22-16-7-17-12-26-18(11-23(17)10-16)13-3-5-15(20)6-4-13/h3-6,8-9,16-18H,2,7,10-12H2,1H3,(H,22,25)/t16-,17-,18+/m0/s1. The molecule has 3 heterocycles. The first-order valence-electron chi connectivity index (χ1n) is 9.07. The van der Waals surface area contributed by atoms with Crippen molar-refractivity contribution < 1.29 is 9.53 Å². The van der Waals surface area contributed by atoms with Gasteiger partial charge in [-0.25, -0.2) is 0 Å². The Kier molecular flexibility index (Phi) is 4.98. The highest BCUT2D eigenvalue weighted by Crippen LogP contribution is 2.30. The Hall–Kier alpha value is -1.89. The normalized spacial score (nSPS) is 25.8. The fourth-order valence-electron chi connectivity index (χ4n) is 3.78. The van der Waals surface area contributed by atoms with Gasteiger partial charge in [0.25, 0.3) is 5.91 Å². The molecule has 1 amide bonds. The van der Waals surface area contributed by atoms with E-state index in [-0.39, 0.29) is 18.1 Å². The maximum Gasteiger partial charge on any atom is 0.254 e. The lowest BCUT2D eigenvalue weighted by Crippen LogP contribution is -2.43. The number of benzene rings is 1. The van der Waals surface area contributed by atoms with E-state index < -0.39 is 0 Å². The quantitative estimate of drug-likeness (QED) is 0.893. The summed E-state index contributed by atoms with van der Waals surface area (Å²) in [6.45, 7) is 5.14. The smallest absolute Gasteiger partial charge is 0.254 e. The first-order valence-corrected chi connectivity index (χ1v) is 9.44. The third-order valence-corrected chi connectivity index (χ3v) is 5.47. The molecule has 4 rings (SSSR count). The Morgan fingerprint density at radius 2 is 2.15 bits per heavy atom. The van der Waals surface area contributed by atoms with Gasteiger partial charge in [0.15, 0.2) is 0 Å². The summed E-state index contributed by atoms with van der Waals surface area (Å²) in [6, 6.07) is 8.35. The van der Waals surface area contributed by atoms with Gasteiger partial charge < -0.3 is 10.1 Å². The molecule has 0 bridgehead atoms. The molecular formula is C19H23ClN4O2. The Morgan fingerprint density at radius 1 is 1.35 bits per heavy atom. The number of hydrogen-bond donors (Lipinski definition) is 1. The summed E-state index contributed by atoms with van der Waals surface area (Å²) in [5.41, 5.74) is 1.76. The minimum atomic E-state index is -0.0512. The number of ether oxygens (including phenoxy) is 1. The predicted octanol–water partition coefficient (Wildman–Crippen LogP) is 2.50. The zero-order valence-corrected chi connectivity index (χ0v) is 15.5. The van der Waals surface area contributed by atoms with E-state index in [9.17, 15) is 4.79 Å². The molecule has 0 aliphatic carbocycles. The number of carbonyl (C=O) groups excluding carboxylic acids is 1. The third-order valence-electron chi connectivity index (χ3n) is 5.21. The molecule has 0 unspecified atom stereocenters. The summed E-state index contributed by atoms with van der Waals surface area (Å²) < 4.78 is 7.82. The number of fused-ring (bicyclic) bond motifs is 1. The number of morpholine rings is 1. The summed E-state index contributed by atoms with van der Waals surface area (Å²) in [5.74, 6) is -0.0512. The minimum absolute atomic E-state index is 0.0512. The molecule has 2 fully saturated rings. The summed E-state index contributed by atoms with van der Waals surface area (Å²) in [4.78, 5) is 14.8. The Balaban J connectivity index is 1.35. The fraction of sp³-hybridized carbons (Fsp3) is 0.474. The van der Waals surface area contributed by atoms with E-state index in [2.05, 4.69) is 15.3 Å². The molecular weight excluding hydrogens is 352 g/mol. The van der Waals surface area contributed by atoms with Crippen molar-refractivity contribution in [3.8, 4) is 0 Å². The first kappa shape index (κ1) is 17.5. The van der Waals surface area contributed by atoms with E-state index in [1.165, 1.54) is 0 Å². The van der Waals surface area contributed by atoms with Crippen LogP contribution in [0.1, 0.15) is 35.4 Å². The molecule has 2 aliphatic heterocycles. The van der Waals surface area contributed by atoms with Crippen LogP contribution in [-0.2, 0) is 11.3 Å². The lowest BCUT2D eigenvalue weighted by molar-refractivity contribution is -0.0502. The van der Waals surface area contributed by atoms with Crippen LogP contribution in [0.4, 0.5) is 0 Å². The van der Waals surface area contributed by atoms with Crippen molar-refractivity contribution >= 4 is 17.5 Å². The highest BCUT2D eigenvalue weighted by molar-refractivity contribution is 6.30. The molecule has 1 aromatic carbocycles. The molecule has 1 aromatic heterocycles. The molecule has 138 valence electrons. The lowest BCUT2D eigenvalue weighted by atomic mass is 10.1. The average molecular weight is 375 g/mol. The number of amides is 1. The van der Waals surface area contributed by atoms with Gasteiger partial charge in [-0.15, -0.1) is 0 Å². The van der Waals surface area contributed by atoms with Crippen LogP contribution in [0.3, 0.4) is 0 Å². The number of nitrogens with one attached hydrogen (secondary N) is 1. The van der Waals surface area contributed by atoms with Gasteiger partial charge in [0, 0.05) is 42.9 Å². The van der Waals surface area contributed by atoms with Crippen LogP contribution >= 0.6 is 11.6 Å². The Labute approximate surface area is 158 Å². The molecule has 2 aromatic rings. The highest BCUT2D eigenvalue weighted by atomic mass is 35.5. The summed E-state index contributed by atoms with van der Waals surface area (Å²) >= 11 is 5.97. The number of aromatic nitrogens is 2. The van der Waals surface area contributed by atoms with Gasteiger partial charge in [-0.3, -0.25) is 14.4 Å². The van der Waals surface area contributed by atoms with Gasteiger partial charge in [-0.1, -0.05) is 23.7 Å². The number of nitrogens with zero attached hydrogens (tertiary/aromatic N) is 3. The largest absolute Gasteiger partial charge is 0.371 e. The van der Waals surface area contributed by atoms with Crippen molar-refractivity contribution in [2.45, 2.75) is 38.1 Å². The number of aryl methyl sites for hydroxylation is 1. The maximum atomic E-state index is 12.4. The van der Waals surface area contributed by atoms with Crippen LogP contribution in [-0.4, -0.2) is 52.4 Å². The van der Waals surface area contributed by atoms with Gasteiger partial charge in [0.1, 0.15) is 0 Å². The molecule has 1 N–H and O–H groups in total. The van der Waals surface area contributed by atoms with Gasteiger partial charge in [-0.2, -0.15) is 5.10 Å². The summed E-state index contributed by atoms with van der Waals surface area (Å²) in [7, 11) is 0. The molecule has 2 saturated heterocycles. The highest BCUT2D eigenvalue weighted by Gasteiger charge is 2.38. The second kappa shape index (κ2) is 7.39. The fourth-order valence-corrected chi connectivity index (χ4v) is 3.91. The predicted molar refractivity (Wildman–Crippen MR) is 99.3 cm³/mol. The monoisotopic (exact) mass is 374 g/mol. The molecule has 3 atom stereocenters. The second-order valence-electron chi connectivity index (χ2n) is 6.97. The van der Waals surface area contributed by atoms with E-state index in [1.807, 2.05) is 31.2 Å². The first-order chi connectivity index (χ1) is 12.6. The van der Waals surface area contributed by atoms with Crippen LogP contribution in [0.25, 0.3) is 0 Å². The van der Waals surface area contributed by atoms with Crippen molar-refractivity contribution in [2.24, 2.45) is 0 Å². The van der Waals surface area contributed by atoms with Gasteiger partial charge in [0.05, 0.1) is 24.5 Å². The average Bonchev–Trinajstić information content (AvgIpc) is 3.28.